The Kier molecular flexibility index (Phi) is 3.49. The van der Waals surface area contributed by atoms with E-state index in [1.807, 2.05) is 5.32 Å². The number of ether oxygens (including phenoxy) is 1. The predicted octanol–water partition coefficient (Wildman–Crippen LogP) is 1.22. The van der Waals surface area contributed by atoms with Gasteiger partial charge in [0, 0.05) is 17.8 Å². The summed E-state index contributed by atoms with van der Waals surface area (Å²) in [4.78, 5) is 21.6. The topological polar surface area (TPSA) is 55.4 Å². The van der Waals surface area contributed by atoms with E-state index in [2.05, 4.69) is 4.74 Å². The SMILES string of the molecule is COC(=O)C(=O)Nc1cc(F)c(F)c(F)c1. The van der Waals surface area contributed by atoms with E-state index >= 15 is 0 Å². The van der Waals surface area contributed by atoms with Gasteiger partial charge in [-0.3, -0.25) is 4.79 Å². The van der Waals surface area contributed by atoms with E-state index in [0.717, 1.165) is 7.11 Å². The van der Waals surface area contributed by atoms with Gasteiger partial charge in [0.2, 0.25) is 0 Å². The zero-order valence-corrected chi connectivity index (χ0v) is 8.01. The van der Waals surface area contributed by atoms with Gasteiger partial charge in [0.1, 0.15) is 0 Å². The smallest absolute Gasteiger partial charge is 0.396 e. The fraction of sp³-hybridized carbons (Fsp3) is 0.111. The summed E-state index contributed by atoms with van der Waals surface area (Å²) in [5.41, 5.74) is -0.383. The van der Waals surface area contributed by atoms with E-state index < -0.39 is 29.3 Å². The zero-order valence-electron chi connectivity index (χ0n) is 8.01. The number of anilines is 1. The molecule has 0 aromatic heterocycles. The second-order valence-electron chi connectivity index (χ2n) is 2.70. The van der Waals surface area contributed by atoms with E-state index in [1.165, 1.54) is 0 Å². The highest BCUT2D eigenvalue weighted by atomic mass is 19.2. The van der Waals surface area contributed by atoms with Crippen LogP contribution < -0.4 is 5.32 Å². The maximum atomic E-state index is 12.7. The van der Waals surface area contributed by atoms with Gasteiger partial charge in [-0.25, -0.2) is 18.0 Å². The number of nitrogens with one attached hydrogen (secondary N) is 1. The predicted molar refractivity (Wildman–Crippen MR) is 47.0 cm³/mol. The highest BCUT2D eigenvalue weighted by Crippen LogP contribution is 2.17. The largest absolute Gasteiger partial charge is 0.462 e. The van der Waals surface area contributed by atoms with E-state index in [1.54, 1.807) is 0 Å². The molecule has 1 amide bonds. The quantitative estimate of drug-likeness (QED) is 0.450. The van der Waals surface area contributed by atoms with Crippen LogP contribution in [-0.2, 0) is 14.3 Å². The Morgan fingerprint density at radius 1 is 1.19 bits per heavy atom. The molecule has 1 aromatic carbocycles. The molecule has 0 aliphatic rings. The van der Waals surface area contributed by atoms with E-state index in [4.69, 9.17) is 0 Å². The fourth-order valence-corrected chi connectivity index (χ4v) is 0.903. The van der Waals surface area contributed by atoms with Crippen LogP contribution in [-0.4, -0.2) is 19.0 Å². The number of carbonyl (C=O) groups is 2. The Morgan fingerprint density at radius 2 is 1.69 bits per heavy atom. The molecule has 0 saturated carbocycles. The van der Waals surface area contributed by atoms with Crippen molar-refractivity contribution in [2.45, 2.75) is 0 Å². The highest BCUT2D eigenvalue weighted by molar-refractivity contribution is 6.37. The summed E-state index contributed by atoms with van der Waals surface area (Å²) in [6.45, 7) is 0. The van der Waals surface area contributed by atoms with Gasteiger partial charge in [-0.1, -0.05) is 0 Å². The molecule has 86 valence electrons. The van der Waals surface area contributed by atoms with Crippen LogP contribution in [0.1, 0.15) is 0 Å². The molecule has 0 aliphatic heterocycles. The van der Waals surface area contributed by atoms with Gasteiger partial charge in [-0.05, 0) is 0 Å². The number of hydrogen-bond acceptors (Lipinski definition) is 3. The number of hydrogen-bond donors (Lipinski definition) is 1. The Balaban J connectivity index is 2.91. The zero-order chi connectivity index (χ0) is 12.3. The molecule has 1 aromatic rings. The number of esters is 1. The monoisotopic (exact) mass is 233 g/mol. The first-order valence-electron chi connectivity index (χ1n) is 3.99. The summed E-state index contributed by atoms with van der Waals surface area (Å²) in [6, 6.07) is 1.08. The van der Waals surface area contributed by atoms with Crippen molar-refractivity contribution < 1.29 is 27.5 Å². The second kappa shape index (κ2) is 4.65. The number of rotatable bonds is 1. The second-order valence-corrected chi connectivity index (χ2v) is 2.70. The van der Waals surface area contributed by atoms with Gasteiger partial charge >= 0.3 is 11.9 Å². The van der Waals surface area contributed by atoms with E-state index in [9.17, 15) is 22.8 Å². The number of methoxy groups -OCH3 is 1. The van der Waals surface area contributed by atoms with Gasteiger partial charge in [-0.15, -0.1) is 0 Å². The summed E-state index contributed by atoms with van der Waals surface area (Å²) in [6.07, 6.45) is 0. The van der Waals surface area contributed by atoms with E-state index in [-0.39, 0.29) is 5.69 Å². The average molecular weight is 233 g/mol. The minimum atomic E-state index is -1.66. The fourth-order valence-electron chi connectivity index (χ4n) is 0.903. The molecule has 0 bridgehead atoms. The maximum Gasteiger partial charge on any atom is 0.396 e. The minimum absolute atomic E-state index is 0.383. The van der Waals surface area contributed by atoms with Gasteiger partial charge in [-0.2, -0.15) is 0 Å². The number of benzene rings is 1. The van der Waals surface area contributed by atoms with Crippen molar-refractivity contribution in [2.75, 3.05) is 12.4 Å². The number of amides is 1. The molecule has 0 spiro atoms. The molecule has 0 unspecified atom stereocenters. The Hall–Kier alpha value is -2.05. The van der Waals surface area contributed by atoms with E-state index in [0.29, 0.717) is 12.1 Å². The highest BCUT2D eigenvalue weighted by Gasteiger charge is 2.16. The molecule has 0 heterocycles. The minimum Gasteiger partial charge on any atom is -0.462 e. The Labute approximate surface area is 88.0 Å². The summed E-state index contributed by atoms with van der Waals surface area (Å²) in [7, 11) is 0.966. The maximum absolute atomic E-state index is 12.7. The molecule has 4 nitrogen and oxygen atoms in total. The third-order valence-corrected chi connectivity index (χ3v) is 1.61. The summed E-state index contributed by atoms with van der Waals surface area (Å²) >= 11 is 0. The molecule has 1 N–H and O–H groups in total. The number of carbonyl (C=O) groups excluding carboxylic acids is 2. The third kappa shape index (κ3) is 2.50. The summed E-state index contributed by atoms with van der Waals surface area (Å²) < 4.78 is 42.0. The molecular weight excluding hydrogens is 227 g/mol. The van der Waals surface area contributed by atoms with Crippen LogP contribution in [0.5, 0.6) is 0 Å². The summed E-state index contributed by atoms with van der Waals surface area (Å²) in [5.74, 6) is -7.05. The van der Waals surface area contributed by atoms with Crippen LogP contribution in [0.15, 0.2) is 12.1 Å². The van der Waals surface area contributed by atoms with Crippen molar-refractivity contribution in [3.8, 4) is 0 Å². The van der Waals surface area contributed by atoms with Crippen LogP contribution in [0.2, 0.25) is 0 Å². The lowest BCUT2D eigenvalue weighted by Crippen LogP contribution is -2.24. The first-order chi connectivity index (χ1) is 7.45. The molecule has 16 heavy (non-hydrogen) atoms. The van der Waals surface area contributed by atoms with Gasteiger partial charge in [0.25, 0.3) is 0 Å². The molecular formula is C9H6F3NO3. The molecule has 0 atom stereocenters. The van der Waals surface area contributed by atoms with Gasteiger partial charge in [0.15, 0.2) is 17.5 Å². The standard InChI is InChI=1S/C9H6F3NO3/c1-16-9(15)8(14)13-4-2-5(10)7(12)6(11)3-4/h2-3H,1H3,(H,13,14). The van der Waals surface area contributed by atoms with Crippen molar-refractivity contribution in [1.82, 2.24) is 0 Å². The number of halogens is 3. The molecule has 1 rings (SSSR count). The van der Waals surface area contributed by atoms with Crippen molar-refractivity contribution in [2.24, 2.45) is 0 Å². The van der Waals surface area contributed by atoms with Crippen molar-refractivity contribution in [3.05, 3.63) is 29.6 Å². The van der Waals surface area contributed by atoms with Crippen LogP contribution in [0.25, 0.3) is 0 Å². The lowest BCUT2D eigenvalue weighted by atomic mass is 10.3. The molecule has 0 saturated heterocycles. The van der Waals surface area contributed by atoms with Crippen molar-refractivity contribution in [3.63, 3.8) is 0 Å². The molecule has 0 aliphatic carbocycles. The normalized spacial score (nSPS) is 9.75. The first-order valence-corrected chi connectivity index (χ1v) is 3.99. The summed E-state index contributed by atoms with van der Waals surface area (Å²) in [5, 5.41) is 1.84. The lowest BCUT2D eigenvalue weighted by Gasteiger charge is -2.04. The molecule has 0 radical (unpaired) electrons. The lowest BCUT2D eigenvalue weighted by molar-refractivity contribution is -0.150. The van der Waals surface area contributed by atoms with Crippen LogP contribution in [0.4, 0.5) is 18.9 Å². The third-order valence-electron chi connectivity index (χ3n) is 1.61. The molecule has 7 heteroatoms. The first kappa shape index (κ1) is 12.0. The van der Waals surface area contributed by atoms with Crippen LogP contribution in [0.3, 0.4) is 0 Å². The average Bonchev–Trinajstić information content (AvgIpc) is 2.24. The Morgan fingerprint density at radius 3 is 2.12 bits per heavy atom. The Bertz CT molecular complexity index is 425. The van der Waals surface area contributed by atoms with Gasteiger partial charge < -0.3 is 10.1 Å². The van der Waals surface area contributed by atoms with Crippen molar-refractivity contribution in [1.29, 1.82) is 0 Å². The van der Waals surface area contributed by atoms with Crippen molar-refractivity contribution >= 4 is 17.6 Å². The van der Waals surface area contributed by atoms with Crippen LogP contribution in [0, 0.1) is 17.5 Å². The van der Waals surface area contributed by atoms with Crippen LogP contribution >= 0.6 is 0 Å². The molecule has 0 fully saturated rings. The van der Waals surface area contributed by atoms with Gasteiger partial charge in [0.05, 0.1) is 7.11 Å².